The van der Waals surface area contributed by atoms with E-state index in [1.807, 2.05) is 43.4 Å². The minimum atomic E-state index is -0.0116. The maximum atomic E-state index is 12.4. The fraction of sp³-hybridized carbons (Fsp3) is 0.389. The Morgan fingerprint density at radius 3 is 2.61 bits per heavy atom. The lowest BCUT2D eigenvalue weighted by atomic mass is 9.95. The second-order valence-corrected chi connectivity index (χ2v) is 6.48. The summed E-state index contributed by atoms with van der Waals surface area (Å²) in [5, 5.41) is 9.82. The standard InChI is InChI=1S/C18H22N4O/c1-19-12-4-2-11(3-5-12)14-8-9-16(21-14)18(23)22-17-10-13-6-7-15(17)20-13/h2-5,8-9,13,15,17,19-21H,6-7,10H2,1H3,(H,22,23)/t13-,15+,17-/m1/s1. The lowest BCUT2D eigenvalue weighted by Gasteiger charge is -2.21. The lowest BCUT2D eigenvalue weighted by Crippen LogP contribution is -2.43. The number of nitrogens with one attached hydrogen (secondary N) is 4. The second-order valence-electron chi connectivity index (χ2n) is 6.48. The summed E-state index contributed by atoms with van der Waals surface area (Å²) in [6.45, 7) is 0. The fourth-order valence-electron chi connectivity index (χ4n) is 3.74. The van der Waals surface area contributed by atoms with Crippen LogP contribution in [0.25, 0.3) is 11.3 Å². The van der Waals surface area contributed by atoms with Gasteiger partial charge in [-0.05, 0) is 49.1 Å². The van der Waals surface area contributed by atoms with E-state index in [-0.39, 0.29) is 11.9 Å². The van der Waals surface area contributed by atoms with Crippen LogP contribution in [0.2, 0.25) is 0 Å². The van der Waals surface area contributed by atoms with Crippen LogP contribution in [0.15, 0.2) is 36.4 Å². The Morgan fingerprint density at radius 2 is 1.96 bits per heavy atom. The van der Waals surface area contributed by atoms with E-state index in [1.165, 1.54) is 12.8 Å². The number of carbonyl (C=O) groups excluding carboxylic acids is 1. The molecule has 1 amide bonds. The van der Waals surface area contributed by atoms with E-state index in [1.54, 1.807) is 0 Å². The number of rotatable bonds is 4. The van der Waals surface area contributed by atoms with E-state index < -0.39 is 0 Å². The van der Waals surface area contributed by atoms with Crippen LogP contribution in [0.5, 0.6) is 0 Å². The van der Waals surface area contributed by atoms with E-state index in [4.69, 9.17) is 0 Å². The average Bonchev–Trinajstić information content (AvgIpc) is 3.31. The molecule has 2 fully saturated rings. The molecule has 4 rings (SSSR count). The number of fused-ring (bicyclic) bond motifs is 2. The highest BCUT2D eigenvalue weighted by Gasteiger charge is 2.39. The number of aromatic nitrogens is 1. The minimum Gasteiger partial charge on any atom is -0.388 e. The predicted molar refractivity (Wildman–Crippen MR) is 91.6 cm³/mol. The number of amides is 1. The van der Waals surface area contributed by atoms with Gasteiger partial charge in [0.2, 0.25) is 0 Å². The van der Waals surface area contributed by atoms with Crippen LogP contribution in [-0.2, 0) is 0 Å². The zero-order valence-corrected chi connectivity index (χ0v) is 13.2. The van der Waals surface area contributed by atoms with Crippen molar-refractivity contribution in [3.63, 3.8) is 0 Å². The van der Waals surface area contributed by atoms with Crippen LogP contribution in [0.1, 0.15) is 29.8 Å². The molecule has 3 heterocycles. The first-order valence-electron chi connectivity index (χ1n) is 8.27. The molecule has 5 heteroatoms. The minimum absolute atomic E-state index is 0.0116. The van der Waals surface area contributed by atoms with Gasteiger partial charge in [0.15, 0.2) is 0 Å². The van der Waals surface area contributed by atoms with Crippen molar-refractivity contribution in [2.75, 3.05) is 12.4 Å². The average molecular weight is 310 g/mol. The molecule has 2 aromatic rings. The highest BCUT2D eigenvalue weighted by Crippen LogP contribution is 2.28. The van der Waals surface area contributed by atoms with Crippen molar-refractivity contribution < 1.29 is 4.79 Å². The van der Waals surface area contributed by atoms with Crippen LogP contribution in [0.4, 0.5) is 5.69 Å². The van der Waals surface area contributed by atoms with Crippen molar-refractivity contribution in [3.05, 3.63) is 42.1 Å². The molecule has 3 atom stereocenters. The molecule has 0 unspecified atom stereocenters. The van der Waals surface area contributed by atoms with Crippen molar-refractivity contribution in [1.82, 2.24) is 15.6 Å². The molecule has 0 spiro atoms. The van der Waals surface area contributed by atoms with E-state index in [9.17, 15) is 4.79 Å². The topological polar surface area (TPSA) is 69.0 Å². The van der Waals surface area contributed by atoms with Gasteiger partial charge >= 0.3 is 0 Å². The van der Waals surface area contributed by atoms with Crippen LogP contribution in [0.3, 0.4) is 0 Å². The molecule has 23 heavy (non-hydrogen) atoms. The molecule has 0 saturated carbocycles. The van der Waals surface area contributed by atoms with Gasteiger partial charge in [0, 0.05) is 36.6 Å². The van der Waals surface area contributed by atoms with Crippen LogP contribution in [-0.4, -0.2) is 36.1 Å². The lowest BCUT2D eigenvalue weighted by molar-refractivity contribution is 0.0926. The number of hydrogen-bond acceptors (Lipinski definition) is 3. The summed E-state index contributed by atoms with van der Waals surface area (Å²) in [6, 6.07) is 13.3. The predicted octanol–water partition coefficient (Wildman–Crippen LogP) is 2.35. The van der Waals surface area contributed by atoms with Crippen molar-refractivity contribution in [3.8, 4) is 11.3 Å². The summed E-state index contributed by atoms with van der Waals surface area (Å²) in [7, 11) is 1.90. The van der Waals surface area contributed by atoms with Gasteiger partial charge in [-0.25, -0.2) is 0 Å². The molecule has 120 valence electrons. The maximum Gasteiger partial charge on any atom is 0.267 e. The Hall–Kier alpha value is -2.27. The smallest absolute Gasteiger partial charge is 0.267 e. The van der Waals surface area contributed by atoms with Crippen LogP contribution < -0.4 is 16.0 Å². The largest absolute Gasteiger partial charge is 0.388 e. The van der Waals surface area contributed by atoms with E-state index >= 15 is 0 Å². The van der Waals surface area contributed by atoms with Crippen molar-refractivity contribution in [1.29, 1.82) is 0 Å². The normalized spacial score (nSPS) is 25.5. The Bertz CT molecular complexity index is 706. The van der Waals surface area contributed by atoms with Gasteiger partial charge in [-0.3, -0.25) is 4.79 Å². The third kappa shape index (κ3) is 2.72. The third-order valence-electron chi connectivity index (χ3n) is 5.03. The van der Waals surface area contributed by atoms with E-state index in [2.05, 4.69) is 20.9 Å². The molecule has 0 aliphatic carbocycles. The van der Waals surface area contributed by atoms with Gasteiger partial charge in [0.1, 0.15) is 5.69 Å². The molecule has 2 aliphatic heterocycles. The molecule has 4 N–H and O–H groups in total. The van der Waals surface area contributed by atoms with Gasteiger partial charge in [-0.2, -0.15) is 0 Å². The fourth-order valence-corrected chi connectivity index (χ4v) is 3.74. The monoisotopic (exact) mass is 310 g/mol. The molecule has 1 aromatic heterocycles. The van der Waals surface area contributed by atoms with Crippen LogP contribution in [0, 0.1) is 0 Å². The maximum absolute atomic E-state index is 12.4. The summed E-state index contributed by atoms with van der Waals surface area (Å²) < 4.78 is 0. The summed E-state index contributed by atoms with van der Waals surface area (Å²) in [5.41, 5.74) is 3.73. The Kier molecular flexibility index (Phi) is 3.58. The first-order valence-corrected chi connectivity index (χ1v) is 8.27. The molecular weight excluding hydrogens is 288 g/mol. The van der Waals surface area contributed by atoms with Gasteiger partial charge < -0.3 is 20.9 Å². The number of anilines is 1. The summed E-state index contributed by atoms with van der Waals surface area (Å²) >= 11 is 0. The Morgan fingerprint density at radius 1 is 1.13 bits per heavy atom. The van der Waals surface area contributed by atoms with E-state index in [0.29, 0.717) is 17.8 Å². The Balaban J connectivity index is 1.45. The summed E-state index contributed by atoms with van der Waals surface area (Å²) in [5.74, 6) is -0.0116. The highest BCUT2D eigenvalue weighted by atomic mass is 16.2. The third-order valence-corrected chi connectivity index (χ3v) is 5.03. The number of hydrogen-bond donors (Lipinski definition) is 4. The van der Waals surface area contributed by atoms with Gasteiger partial charge in [-0.1, -0.05) is 12.1 Å². The van der Waals surface area contributed by atoms with Crippen molar-refractivity contribution in [2.45, 2.75) is 37.4 Å². The van der Waals surface area contributed by atoms with Gasteiger partial charge in [0.25, 0.3) is 5.91 Å². The zero-order chi connectivity index (χ0) is 15.8. The van der Waals surface area contributed by atoms with Gasteiger partial charge in [-0.15, -0.1) is 0 Å². The zero-order valence-electron chi connectivity index (χ0n) is 13.2. The number of H-pyrrole nitrogens is 1. The number of carbonyl (C=O) groups is 1. The molecule has 2 saturated heterocycles. The van der Waals surface area contributed by atoms with Gasteiger partial charge in [0.05, 0.1) is 0 Å². The van der Waals surface area contributed by atoms with E-state index in [0.717, 1.165) is 23.4 Å². The van der Waals surface area contributed by atoms with Crippen molar-refractivity contribution in [2.24, 2.45) is 0 Å². The number of aromatic amines is 1. The molecule has 0 radical (unpaired) electrons. The Labute approximate surface area is 135 Å². The summed E-state index contributed by atoms with van der Waals surface area (Å²) in [4.78, 5) is 15.7. The van der Waals surface area contributed by atoms with Crippen molar-refractivity contribution >= 4 is 11.6 Å². The molecule has 5 nitrogen and oxygen atoms in total. The SMILES string of the molecule is CNc1ccc(-c2ccc(C(=O)N[C@@H]3C[C@H]4CC[C@@H]3N4)[nH]2)cc1. The first-order chi connectivity index (χ1) is 11.2. The second kappa shape index (κ2) is 5.74. The summed E-state index contributed by atoms with van der Waals surface area (Å²) in [6.07, 6.45) is 3.46. The molecule has 2 bridgehead atoms. The number of benzene rings is 1. The highest BCUT2D eigenvalue weighted by molar-refractivity contribution is 5.93. The molecular formula is C18H22N4O. The quantitative estimate of drug-likeness (QED) is 0.701. The molecule has 2 aliphatic rings. The van der Waals surface area contributed by atoms with Crippen LogP contribution >= 0.6 is 0 Å². The first kappa shape index (κ1) is 14.3. The molecule has 1 aromatic carbocycles.